The van der Waals surface area contributed by atoms with E-state index in [-0.39, 0.29) is 11.8 Å². The molecule has 1 atom stereocenters. The second kappa shape index (κ2) is 20.4. The fourth-order valence-electron chi connectivity index (χ4n) is 3.26. The third-order valence-electron chi connectivity index (χ3n) is 5.09. The lowest BCUT2D eigenvalue weighted by atomic mass is 10.1. The van der Waals surface area contributed by atoms with E-state index in [2.05, 4.69) is 29.7 Å². The quantitative estimate of drug-likeness (QED) is 0.187. The minimum atomic E-state index is -0.999. The maximum atomic E-state index is 12.0. The predicted molar refractivity (Wildman–Crippen MR) is 122 cm³/mol. The summed E-state index contributed by atoms with van der Waals surface area (Å²) in [6, 6.07) is -0.844. The number of carboxylic acid groups (broad SMARTS) is 1. The lowest BCUT2D eigenvalue weighted by Gasteiger charge is -2.14. The first-order valence-electron chi connectivity index (χ1n) is 11.9. The molecule has 0 radical (unpaired) electrons. The van der Waals surface area contributed by atoms with E-state index in [0.29, 0.717) is 32.2 Å². The van der Waals surface area contributed by atoms with Crippen LogP contribution in [0.25, 0.3) is 0 Å². The summed E-state index contributed by atoms with van der Waals surface area (Å²) in [6.45, 7) is 4.22. The van der Waals surface area contributed by atoms with Gasteiger partial charge in [0.2, 0.25) is 11.8 Å². The third-order valence-corrected chi connectivity index (χ3v) is 5.09. The smallest absolute Gasteiger partial charge is 0.326 e. The SMILES string of the molecule is CCCCCC/C=C\CCCCCCCC(=O)N[C@@H](CCCCNC(C)=O)C(=O)O. The molecule has 0 fully saturated rings. The van der Waals surface area contributed by atoms with Crippen molar-refractivity contribution in [3.05, 3.63) is 12.2 Å². The molecule has 0 bridgehead atoms. The summed E-state index contributed by atoms with van der Waals surface area (Å²) in [7, 11) is 0. The van der Waals surface area contributed by atoms with Gasteiger partial charge in [-0.05, 0) is 51.4 Å². The molecule has 174 valence electrons. The number of carbonyl (C=O) groups is 3. The van der Waals surface area contributed by atoms with Crippen LogP contribution in [0.1, 0.15) is 110 Å². The van der Waals surface area contributed by atoms with Crippen LogP contribution >= 0.6 is 0 Å². The van der Waals surface area contributed by atoms with Crippen molar-refractivity contribution < 1.29 is 19.5 Å². The van der Waals surface area contributed by atoms with E-state index in [1.807, 2.05) is 0 Å². The Balaban J connectivity index is 3.66. The number of aliphatic carboxylic acids is 1. The average molecular weight is 425 g/mol. The Labute approximate surface area is 183 Å². The number of carboxylic acids is 1. The van der Waals surface area contributed by atoms with Gasteiger partial charge in [-0.15, -0.1) is 0 Å². The number of hydrogen-bond acceptors (Lipinski definition) is 3. The summed E-state index contributed by atoms with van der Waals surface area (Å²) in [4.78, 5) is 34.1. The molecule has 2 amide bonds. The first-order valence-corrected chi connectivity index (χ1v) is 11.9. The van der Waals surface area contributed by atoms with Gasteiger partial charge in [0, 0.05) is 19.9 Å². The van der Waals surface area contributed by atoms with Crippen molar-refractivity contribution in [1.29, 1.82) is 0 Å². The minimum Gasteiger partial charge on any atom is -0.480 e. The number of hydrogen-bond donors (Lipinski definition) is 3. The fourth-order valence-corrected chi connectivity index (χ4v) is 3.26. The van der Waals surface area contributed by atoms with Crippen molar-refractivity contribution in [2.45, 2.75) is 116 Å². The summed E-state index contributed by atoms with van der Waals surface area (Å²) in [5, 5.41) is 14.6. The van der Waals surface area contributed by atoms with Crippen LogP contribution in [0.2, 0.25) is 0 Å². The van der Waals surface area contributed by atoms with Crippen LogP contribution in [0, 0.1) is 0 Å². The van der Waals surface area contributed by atoms with Crippen molar-refractivity contribution >= 4 is 17.8 Å². The van der Waals surface area contributed by atoms with Gasteiger partial charge in [0.05, 0.1) is 0 Å². The minimum absolute atomic E-state index is 0.0904. The zero-order chi connectivity index (χ0) is 22.5. The van der Waals surface area contributed by atoms with Crippen molar-refractivity contribution in [3.63, 3.8) is 0 Å². The molecule has 0 saturated heterocycles. The highest BCUT2D eigenvalue weighted by Gasteiger charge is 2.18. The van der Waals surface area contributed by atoms with E-state index in [9.17, 15) is 19.5 Å². The standard InChI is InChI=1S/C24H44N2O4/c1-3-4-5-6-7-8-9-10-11-12-13-14-15-19-23(28)26-22(24(29)30)18-16-17-20-25-21(2)27/h8-9,22H,3-7,10-20H2,1-2H3,(H,25,27)(H,26,28)(H,29,30)/b9-8-/t22-/m0/s1. The molecule has 0 aromatic carbocycles. The van der Waals surface area contributed by atoms with Crippen LogP contribution in [0.4, 0.5) is 0 Å². The monoisotopic (exact) mass is 424 g/mol. The molecular formula is C24H44N2O4. The molecular weight excluding hydrogens is 380 g/mol. The van der Waals surface area contributed by atoms with E-state index in [1.54, 1.807) is 0 Å². The molecule has 0 aromatic heterocycles. The summed E-state index contributed by atoms with van der Waals surface area (Å²) in [5.74, 6) is -1.27. The second-order valence-corrected chi connectivity index (χ2v) is 8.06. The maximum absolute atomic E-state index is 12.0. The Kier molecular flexibility index (Phi) is 19.2. The molecule has 0 aliphatic rings. The number of rotatable bonds is 20. The summed E-state index contributed by atoms with van der Waals surface area (Å²) >= 11 is 0. The number of carbonyl (C=O) groups excluding carboxylic acids is 2. The van der Waals surface area contributed by atoms with E-state index in [0.717, 1.165) is 25.7 Å². The van der Waals surface area contributed by atoms with Gasteiger partial charge in [-0.3, -0.25) is 9.59 Å². The summed E-state index contributed by atoms with van der Waals surface area (Å²) < 4.78 is 0. The van der Waals surface area contributed by atoms with Gasteiger partial charge in [0.25, 0.3) is 0 Å². The largest absolute Gasteiger partial charge is 0.480 e. The van der Waals surface area contributed by atoms with Gasteiger partial charge >= 0.3 is 5.97 Å². The lowest BCUT2D eigenvalue weighted by Crippen LogP contribution is -2.40. The van der Waals surface area contributed by atoms with Gasteiger partial charge in [-0.25, -0.2) is 4.79 Å². The average Bonchev–Trinajstić information content (AvgIpc) is 2.70. The fraction of sp³-hybridized carbons (Fsp3) is 0.792. The molecule has 0 aromatic rings. The van der Waals surface area contributed by atoms with E-state index in [4.69, 9.17) is 0 Å². The number of amides is 2. The topological polar surface area (TPSA) is 95.5 Å². The van der Waals surface area contributed by atoms with Crippen LogP contribution in [0.15, 0.2) is 12.2 Å². The first-order chi connectivity index (χ1) is 14.5. The molecule has 0 aliphatic carbocycles. The number of nitrogens with one attached hydrogen (secondary N) is 2. The third kappa shape index (κ3) is 19.5. The number of unbranched alkanes of at least 4 members (excludes halogenated alkanes) is 10. The van der Waals surface area contributed by atoms with Gasteiger partial charge in [0.15, 0.2) is 0 Å². The van der Waals surface area contributed by atoms with Crippen molar-refractivity contribution in [3.8, 4) is 0 Å². The van der Waals surface area contributed by atoms with Crippen LogP contribution < -0.4 is 10.6 Å². The predicted octanol–water partition coefficient (Wildman–Crippen LogP) is 5.12. The van der Waals surface area contributed by atoms with Crippen molar-refractivity contribution in [1.82, 2.24) is 10.6 Å². The molecule has 0 aliphatic heterocycles. The van der Waals surface area contributed by atoms with Crippen LogP contribution in [0.5, 0.6) is 0 Å². The summed E-state index contributed by atoms with van der Waals surface area (Å²) in [5.41, 5.74) is 0. The normalized spacial score (nSPS) is 12.1. The molecule has 30 heavy (non-hydrogen) atoms. The maximum Gasteiger partial charge on any atom is 0.326 e. The lowest BCUT2D eigenvalue weighted by molar-refractivity contribution is -0.142. The Bertz CT molecular complexity index is 492. The van der Waals surface area contributed by atoms with Gasteiger partial charge < -0.3 is 15.7 Å². The Hall–Kier alpha value is -1.85. The highest BCUT2D eigenvalue weighted by atomic mass is 16.4. The van der Waals surface area contributed by atoms with E-state index in [1.165, 1.54) is 51.9 Å². The zero-order valence-electron chi connectivity index (χ0n) is 19.2. The molecule has 0 heterocycles. The Morgan fingerprint density at radius 3 is 2.03 bits per heavy atom. The van der Waals surface area contributed by atoms with Gasteiger partial charge in [-0.2, -0.15) is 0 Å². The molecule has 6 heteroatoms. The van der Waals surface area contributed by atoms with Crippen LogP contribution in [-0.4, -0.2) is 35.5 Å². The highest BCUT2D eigenvalue weighted by Crippen LogP contribution is 2.09. The molecule has 0 saturated carbocycles. The number of allylic oxidation sites excluding steroid dienone is 2. The van der Waals surface area contributed by atoms with Crippen molar-refractivity contribution in [2.75, 3.05) is 6.54 Å². The Morgan fingerprint density at radius 2 is 1.43 bits per heavy atom. The van der Waals surface area contributed by atoms with E-state index < -0.39 is 12.0 Å². The van der Waals surface area contributed by atoms with Crippen LogP contribution in [-0.2, 0) is 14.4 Å². The van der Waals surface area contributed by atoms with Gasteiger partial charge in [0.1, 0.15) is 6.04 Å². The highest BCUT2D eigenvalue weighted by molar-refractivity contribution is 5.83. The van der Waals surface area contributed by atoms with Crippen molar-refractivity contribution in [2.24, 2.45) is 0 Å². The molecule has 3 N–H and O–H groups in total. The second-order valence-electron chi connectivity index (χ2n) is 8.06. The van der Waals surface area contributed by atoms with Gasteiger partial charge in [-0.1, -0.05) is 57.6 Å². The summed E-state index contributed by atoms with van der Waals surface area (Å²) in [6.07, 6.45) is 19.6. The Morgan fingerprint density at radius 1 is 0.833 bits per heavy atom. The molecule has 6 nitrogen and oxygen atoms in total. The first kappa shape index (κ1) is 28.1. The van der Waals surface area contributed by atoms with E-state index >= 15 is 0 Å². The molecule has 0 unspecified atom stereocenters. The molecule has 0 rings (SSSR count). The molecule has 0 spiro atoms. The zero-order valence-corrected chi connectivity index (χ0v) is 19.2. The van der Waals surface area contributed by atoms with Crippen LogP contribution in [0.3, 0.4) is 0 Å².